The Hall–Kier alpha value is -1.68. The lowest BCUT2D eigenvalue weighted by Crippen LogP contribution is -2.38. The van der Waals surface area contributed by atoms with Gasteiger partial charge in [-0.3, -0.25) is 0 Å². The van der Waals surface area contributed by atoms with E-state index in [9.17, 15) is 4.39 Å². The molecule has 0 spiro atoms. The van der Waals surface area contributed by atoms with Crippen molar-refractivity contribution in [1.29, 1.82) is 0 Å². The first-order valence-corrected chi connectivity index (χ1v) is 9.16. The van der Waals surface area contributed by atoms with Gasteiger partial charge < -0.3 is 15.6 Å². The lowest BCUT2D eigenvalue weighted by Gasteiger charge is -2.10. The van der Waals surface area contributed by atoms with Crippen LogP contribution in [0.25, 0.3) is 10.9 Å². The molecule has 8 heteroatoms. The number of fused-ring (bicyclic) bond motifs is 1. The van der Waals surface area contributed by atoms with Gasteiger partial charge in [0.2, 0.25) is 0 Å². The van der Waals surface area contributed by atoms with Crippen LogP contribution in [-0.2, 0) is 13.0 Å². The van der Waals surface area contributed by atoms with E-state index in [1.807, 2.05) is 32.3 Å². The van der Waals surface area contributed by atoms with Crippen molar-refractivity contribution >= 4 is 52.2 Å². The molecule has 0 atom stereocenters. The van der Waals surface area contributed by atoms with Gasteiger partial charge in [0, 0.05) is 41.3 Å². The molecule has 0 fully saturated rings. The molecular weight excluding hydrogens is 464 g/mol. The van der Waals surface area contributed by atoms with Crippen LogP contribution in [-0.4, -0.2) is 29.0 Å². The second-order valence-electron chi connectivity index (χ2n) is 5.72. The van der Waals surface area contributed by atoms with Gasteiger partial charge in [0.15, 0.2) is 5.96 Å². The number of aryl methyl sites for hydroxylation is 1. The fourth-order valence-electron chi connectivity index (χ4n) is 2.66. The van der Waals surface area contributed by atoms with Crippen LogP contribution in [0.4, 0.5) is 4.39 Å². The van der Waals surface area contributed by atoms with E-state index < -0.39 is 0 Å². The molecule has 5 nitrogen and oxygen atoms in total. The summed E-state index contributed by atoms with van der Waals surface area (Å²) in [4.78, 5) is 13.1. The highest BCUT2D eigenvalue weighted by atomic mass is 127. The first-order valence-electron chi connectivity index (χ1n) is 8.34. The Morgan fingerprint density at radius 1 is 1.35 bits per heavy atom. The lowest BCUT2D eigenvalue weighted by molar-refractivity contribution is 0.629. The Bertz CT molecular complexity index is 873. The van der Waals surface area contributed by atoms with Crippen molar-refractivity contribution in [2.24, 2.45) is 4.99 Å². The summed E-state index contributed by atoms with van der Waals surface area (Å²) >= 11 is 1.66. The van der Waals surface area contributed by atoms with Crippen LogP contribution < -0.4 is 10.6 Å². The minimum atomic E-state index is -0.223. The fourth-order valence-corrected chi connectivity index (χ4v) is 3.38. The number of aromatic amines is 1. The normalized spacial score (nSPS) is 11.4. The number of H-pyrrole nitrogens is 1. The van der Waals surface area contributed by atoms with E-state index in [1.54, 1.807) is 11.3 Å². The van der Waals surface area contributed by atoms with Crippen molar-refractivity contribution in [3.05, 3.63) is 51.9 Å². The number of nitrogens with one attached hydrogen (secondary N) is 3. The fraction of sp³-hybridized carbons (Fsp3) is 0.333. The van der Waals surface area contributed by atoms with Crippen molar-refractivity contribution in [2.45, 2.75) is 26.8 Å². The molecule has 0 amide bonds. The van der Waals surface area contributed by atoms with Crippen molar-refractivity contribution in [3.8, 4) is 0 Å². The quantitative estimate of drug-likeness (QED) is 0.280. The molecule has 2 aromatic heterocycles. The molecule has 0 saturated heterocycles. The monoisotopic (exact) mass is 487 g/mol. The Balaban J connectivity index is 0.00000243. The number of thiazole rings is 1. The highest BCUT2D eigenvalue weighted by molar-refractivity contribution is 14.0. The number of hydrogen-bond acceptors (Lipinski definition) is 3. The van der Waals surface area contributed by atoms with Gasteiger partial charge in [0.1, 0.15) is 5.82 Å². The van der Waals surface area contributed by atoms with Crippen LogP contribution >= 0.6 is 35.3 Å². The molecule has 3 rings (SSSR count). The van der Waals surface area contributed by atoms with E-state index in [0.29, 0.717) is 6.54 Å². The van der Waals surface area contributed by atoms with Gasteiger partial charge in [-0.2, -0.15) is 0 Å². The Kier molecular flexibility index (Phi) is 7.83. The molecule has 0 radical (unpaired) electrons. The highest BCUT2D eigenvalue weighted by Gasteiger charge is 2.05. The van der Waals surface area contributed by atoms with Gasteiger partial charge in [0.25, 0.3) is 0 Å². The molecule has 3 aromatic rings. The van der Waals surface area contributed by atoms with Crippen LogP contribution in [0.3, 0.4) is 0 Å². The number of guanidine groups is 1. The van der Waals surface area contributed by atoms with Crippen LogP contribution in [0.5, 0.6) is 0 Å². The van der Waals surface area contributed by atoms with Gasteiger partial charge in [-0.1, -0.05) is 0 Å². The summed E-state index contributed by atoms with van der Waals surface area (Å²) in [6, 6.07) is 4.84. The number of aromatic nitrogens is 2. The van der Waals surface area contributed by atoms with Crippen molar-refractivity contribution in [2.75, 3.05) is 13.1 Å². The zero-order valence-corrected chi connectivity index (χ0v) is 18.0. The molecule has 0 aliphatic rings. The van der Waals surface area contributed by atoms with E-state index in [2.05, 4.69) is 25.6 Å². The minimum Gasteiger partial charge on any atom is -0.361 e. The summed E-state index contributed by atoms with van der Waals surface area (Å²) < 4.78 is 13.3. The Morgan fingerprint density at radius 3 is 2.92 bits per heavy atom. The maximum absolute atomic E-state index is 13.3. The summed E-state index contributed by atoms with van der Waals surface area (Å²) in [6.45, 7) is 6.21. The van der Waals surface area contributed by atoms with Gasteiger partial charge in [-0.05, 0) is 44.0 Å². The molecule has 1 aromatic carbocycles. The molecule has 0 bridgehead atoms. The molecule has 0 unspecified atom stereocenters. The third kappa shape index (κ3) is 5.41. The topological polar surface area (TPSA) is 65.1 Å². The third-order valence-electron chi connectivity index (χ3n) is 3.82. The van der Waals surface area contributed by atoms with Gasteiger partial charge >= 0.3 is 0 Å². The van der Waals surface area contributed by atoms with E-state index in [1.165, 1.54) is 12.1 Å². The van der Waals surface area contributed by atoms with Gasteiger partial charge in [-0.25, -0.2) is 14.4 Å². The third-order valence-corrected chi connectivity index (χ3v) is 4.72. The molecule has 0 aliphatic heterocycles. The zero-order valence-electron chi connectivity index (χ0n) is 14.8. The smallest absolute Gasteiger partial charge is 0.191 e. The first kappa shape index (κ1) is 20.6. The van der Waals surface area contributed by atoms with Crippen molar-refractivity contribution < 1.29 is 4.39 Å². The lowest BCUT2D eigenvalue weighted by atomic mass is 10.1. The average Bonchev–Trinajstić information content (AvgIpc) is 3.18. The predicted octanol–water partition coefficient (Wildman–Crippen LogP) is 3.99. The molecule has 3 N–H and O–H groups in total. The van der Waals surface area contributed by atoms with Crippen LogP contribution in [0.1, 0.15) is 22.4 Å². The molecule has 0 saturated carbocycles. The second kappa shape index (κ2) is 9.86. The number of rotatable bonds is 6. The largest absolute Gasteiger partial charge is 0.361 e. The number of nitrogens with zero attached hydrogens (tertiary/aromatic N) is 2. The molecule has 140 valence electrons. The average molecular weight is 487 g/mol. The minimum absolute atomic E-state index is 0. The molecular formula is C18H23FIN5S. The van der Waals surface area contributed by atoms with Crippen molar-refractivity contribution in [1.82, 2.24) is 20.6 Å². The second-order valence-corrected chi connectivity index (χ2v) is 7.04. The number of benzene rings is 1. The highest BCUT2D eigenvalue weighted by Crippen LogP contribution is 2.19. The standard InChI is InChI=1S/C18H22FN5S.HI/c1-3-20-18(24-11-15-10-22-12(2)25-15)21-7-6-13-9-23-17-8-14(19)4-5-16(13)17;/h4-5,8-10,23H,3,6-7,11H2,1-2H3,(H2,20,21,24);1H. The van der Waals surface area contributed by atoms with E-state index in [-0.39, 0.29) is 29.8 Å². The Labute approximate surface area is 173 Å². The maximum atomic E-state index is 13.3. The van der Waals surface area contributed by atoms with Crippen molar-refractivity contribution in [3.63, 3.8) is 0 Å². The number of aliphatic imine (C=N–C) groups is 1. The summed E-state index contributed by atoms with van der Waals surface area (Å²) in [5, 5.41) is 8.71. The van der Waals surface area contributed by atoms with Crippen LogP contribution in [0.15, 0.2) is 35.6 Å². The summed E-state index contributed by atoms with van der Waals surface area (Å²) in [5.41, 5.74) is 1.99. The van der Waals surface area contributed by atoms with E-state index in [4.69, 9.17) is 0 Å². The molecule has 0 aliphatic carbocycles. The maximum Gasteiger partial charge on any atom is 0.191 e. The number of halogens is 2. The summed E-state index contributed by atoms with van der Waals surface area (Å²) in [5.74, 6) is 0.568. The van der Waals surface area contributed by atoms with Gasteiger partial charge in [-0.15, -0.1) is 35.3 Å². The predicted molar refractivity (Wildman–Crippen MR) is 117 cm³/mol. The SMILES string of the molecule is CCNC(=NCc1cnc(C)s1)NCCc1c[nH]c2cc(F)ccc12.I. The molecule has 2 heterocycles. The van der Waals surface area contributed by atoms with Crippen LogP contribution in [0, 0.1) is 12.7 Å². The number of hydrogen-bond donors (Lipinski definition) is 3. The van der Waals surface area contributed by atoms with E-state index in [0.717, 1.165) is 51.8 Å². The van der Waals surface area contributed by atoms with E-state index >= 15 is 0 Å². The van der Waals surface area contributed by atoms with Gasteiger partial charge in [0.05, 0.1) is 11.6 Å². The first-order chi connectivity index (χ1) is 12.2. The van der Waals surface area contributed by atoms with Crippen LogP contribution in [0.2, 0.25) is 0 Å². The molecule has 26 heavy (non-hydrogen) atoms. The Morgan fingerprint density at radius 2 is 2.19 bits per heavy atom. The summed E-state index contributed by atoms with van der Waals surface area (Å²) in [6.07, 6.45) is 4.64. The zero-order chi connectivity index (χ0) is 17.6. The summed E-state index contributed by atoms with van der Waals surface area (Å²) in [7, 11) is 0.